The average Bonchev–Trinajstić information content (AvgIpc) is 2.38. The number of rotatable bonds is 4. The number of carbonyl (C=O) groups is 1. The first kappa shape index (κ1) is 11.7. The second-order valence-corrected chi connectivity index (χ2v) is 4.60. The minimum Gasteiger partial charge on any atom is -0.368 e. The van der Waals surface area contributed by atoms with E-state index in [0.717, 1.165) is 10.6 Å². The Morgan fingerprint density at radius 1 is 1.12 bits per heavy atom. The number of carbonyl (C=O) groups excluding carboxylic acids is 1. The molecule has 1 atom stereocenters. The first-order valence-electron chi connectivity index (χ1n) is 5.19. The van der Waals surface area contributed by atoms with Crippen molar-refractivity contribution < 1.29 is 4.79 Å². The van der Waals surface area contributed by atoms with Gasteiger partial charge in [-0.3, -0.25) is 4.79 Å². The summed E-state index contributed by atoms with van der Waals surface area (Å²) < 4.78 is 0. The predicted octanol–water partition coefficient (Wildman–Crippen LogP) is 2.40. The van der Waals surface area contributed by atoms with Crippen LogP contribution in [0.2, 0.25) is 0 Å². The molecule has 1 aromatic carbocycles. The zero-order valence-corrected chi connectivity index (χ0v) is 9.93. The van der Waals surface area contributed by atoms with E-state index >= 15 is 0 Å². The molecule has 0 bridgehead atoms. The van der Waals surface area contributed by atoms with Gasteiger partial charge < -0.3 is 5.73 Å². The fourth-order valence-corrected chi connectivity index (χ4v) is 2.39. The van der Waals surface area contributed by atoms with Crippen molar-refractivity contribution in [2.24, 2.45) is 5.73 Å². The number of hydrogen-bond acceptors (Lipinski definition) is 3. The van der Waals surface area contributed by atoms with Crippen molar-refractivity contribution in [2.75, 3.05) is 0 Å². The number of benzene rings is 1. The van der Waals surface area contributed by atoms with E-state index in [0.29, 0.717) is 0 Å². The Morgan fingerprint density at radius 3 is 2.41 bits per heavy atom. The lowest BCUT2D eigenvalue weighted by Crippen LogP contribution is -2.18. The highest BCUT2D eigenvalue weighted by molar-refractivity contribution is 8.00. The van der Waals surface area contributed by atoms with Crippen LogP contribution in [0.3, 0.4) is 0 Å². The quantitative estimate of drug-likeness (QED) is 0.840. The van der Waals surface area contributed by atoms with Crippen molar-refractivity contribution in [3.05, 3.63) is 60.3 Å². The Morgan fingerprint density at radius 2 is 1.82 bits per heavy atom. The average molecular weight is 244 g/mol. The van der Waals surface area contributed by atoms with Gasteiger partial charge in [-0.2, -0.15) is 0 Å². The van der Waals surface area contributed by atoms with Crippen LogP contribution in [-0.2, 0) is 4.79 Å². The molecule has 0 aliphatic rings. The number of pyridine rings is 1. The summed E-state index contributed by atoms with van der Waals surface area (Å²) >= 11 is 1.36. The molecule has 86 valence electrons. The highest BCUT2D eigenvalue weighted by Gasteiger charge is 2.19. The second kappa shape index (κ2) is 5.50. The summed E-state index contributed by atoms with van der Waals surface area (Å²) in [4.78, 5) is 15.7. The molecule has 3 nitrogen and oxygen atoms in total. The van der Waals surface area contributed by atoms with Crippen LogP contribution in [0.4, 0.5) is 0 Å². The molecular formula is C13H12N2OS. The van der Waals surface area contributed by atoms with E-state index in [9.17, 15) is 4.79 Å². The monoisotopic (exact) mass is 244 g/mol. The molecule has 2 N–H and O–H groups in total. The van der Waals surface area contributed by atoms with Gasteiger partial charge in [-0.25, -0.2) is 4.98 Å². The summed E-state index contributed by atoms with van der Waals surface area (Å²) in [5.41, 5.74) is 6.33. The summed E-state index contributed by atoms with van der Waals surface area (Å²) in [6.45, 7) is 0. The summed E-state index contributed by atoms with van der Waals surface area (Å²) in [5.74, 6) is -0.355. The molecular weight excluding hydrogens is 232 g/mol. The third kappa shape index (κ3) is 3.07. The second-order valence-electron chi connectivity index (χ2n) is 3.48. The van der Waals surface area contributed by atoms with Gasteiger partial charge in [0.05, 0.1) is 5.03 Å². The van der Waals surface area contributed by atoms with E-state index in [-0.39, 0.29) is 5.91 Å². The standard InChI is InChI=1S/C13H12N2OS/c14-13(16)12(10-6-2-1-3-7-10)17-11-8-4-5-9-15-11/h1-9,12H,(H2,14,16)/t12-/m0/s1. The molecule has 0 spiro atoms. The topological polar surface area (TPSA) is 56.0 Å². The summed E-state index contributed by atoms with van der Waals surface area (Å²) in [5, 5.41) is 0.395. The zero-order chi connectivity index (χ0) is 12.1. The van der Waals surface area contributed by atoms with Crippen LogP contribution in [-0.4, -0.2) is 10.9 Å². The number of amides is 1. The van der Waals surface area contributed by atoms with Crippen molar-refractivity contribution >= 4 is 17.7 Å². The summed E-state index contributed by atoms with van der Waals surface area (Å²) in [6.07, 6.45) is 1.70. The molecule has 0 unspecified atom stereocenters. The van der Waals surface area contributed by atoms with Crippen LogP contribution in [0, 0.1) is 0 Å². The van der Waals surface area contributed by atoms with Gasteiger partial charge in [0, 0.05) is 6.20 Å². The molecule has 2 aromatic rings. The van der Waals surface area contributed by atoms with E-state index in [1.165, 1.54) is 11.8 Å². The van der Waals surface area contributed by atoms with Gasteiger partial charge in [-0.15, -0.1) is 0 Å². The molecule has 1 aromatic heterocycles. The minimum absolute atomic E-state index is 0.355. The predicted molar refractivity (Wildman–Crippen MR) is 68.5 cm³/mol. The number of thioether (sulfide) groups is 1. The maximum atomic E-state index is 11.5. The molecule has 1 amide bonds. The largest absolute Gasteiger partial charge is 0.368 e. The maximum absolute atomic E-state index is 11.5. The number of hydrogen-bond donors (Lipinski definition) is 1. The van der Waals surface area contributed by atoms with E-state index in [1.807, 2.05) is 48.5 Å². The van der Waals surface area contributed by atoms with E-state index in [4.69, 9.17) is 5.73 Å². The number of primary amides is 1. The van der Waals surface area contributed by atoms with Crippen LogP contribution in [0.5, 0.6) is 0 Å². The van der Waals surface area contributed by atoms with Crippen molar-refractivity contribution in [1.82, 2.24) is 4.98 Å². The van der Waals surface area contributed by atoms with Gasteiger partial charge >= 0.3 is 0 Å². The first-order valence-corrected chi connectivity index (χ1v) is 6.07. The van der Waals surface area contributed by atoms with Crippen molar-refractivity contribution in [1.29, 1.82) is 0 Å². The van der Waals surface area contributed by atoms with Crippen LogP contribution < -0.4 is 5.73 Å². The maximum Gasteiger partial charge on any atom is 0.235 e. The van der Waals surface area contributed by atoms with Gasteiger partial charge in [0.15, 0.2) is 0 Å². The van der Waals surface area contributed by atoms with Crippen LogP contribution in [0.15, 0.2) is 59.8 Å². The van der Waals surface area contributed by atoms with Crippen molar-refractivity contribution in [2.45, 2.75) is 10.3 Å². The van der Waals surface area contributed by atoms with Gasteiger partial charge in [-0.05, 0) is 17.7 Å². The smallest absolute Gasteiger partial charge is 0.235 e. The van der Waals surface area contributed by atoms with Crippen LogP contribution >= 0.6 is 11.8 Å². The lowest BCUT2D eigenvalue weighted by Gasteiger charge is -2.12. The van der Waals surface area contributed by atoms with Gasteiger partial charge in [-0.1, -0.05) is 48.2 Å². The number of nitrogens with two attached hydrogens (primary N) is 1. The van der Waals surface area contributed by atoms with E-state index in [2.05, 4.69) is 4.98 Å². The Balaban J connectivity index is 2.23. The normalized spacial score (nSPS) is 12.0. The fourth-order valence-electron chi connectivity index (χ4n) is 1.46. The Labute approximate surface area is 104 Å². The third-order valence-electron chi connectivity index (χ3n) is 2.24. The molecule has 0 radical (unpaired) electrons. The SMILES string of the molecule is NC(=O)[C@@H](Sc1ccccn1)c1ccccc1. The van der Waals surface area contributed by atoms with Crippen molar-refractivity contribution in [3.8, 4) is 0 Å². The summed E-state index contributed by atoms with van der Waals surface area (Å²) in [7, 11) is 0. The van der Waals surface area contributed by atoms with Gasteiger partial charge in [0.2, 0.25) is 5.91 Å². The number of nitrogens with zero attached hydrogens (tertiary/aromatic N) is 1. The molecule has 0 saturated heterocycles. The summed E-state index contributed by atoms with van der Waals surface area (Å²) in [6, 6.07) is 15.1. The van der Waals surface area contributed by atoms with Gasteiger partial charge in [0.1, 0.15) is 5.25 Å². The van der Waals surface area contributed by atoms with E-state index in [1.54, 1.807) is 6.20 Å². The third-order valence-corrected chi connectivity index (χ3v) is 3.46. The Bertz CT molecular complexity index is 487. The lowest BCUT2D eigenvalue weighted by molar-refractivity contribution is -0.117. The van der Waals surface area contributed by atoms with Gasteiger partial charge in [0.25, 0.3) is 0 Å². The zero-order valence-electron chi connectivity index (χ0n) is 9.11. The fraction of sp³-hybridized carbons (Fsp3) is 0.0769. The van der Waals surface area contributed by atoms with Crippen LogP contribution in [0.1, 0.15) is 10.8 Å². The highest BCUT2D eigenvalue weighted by Crippen LogP contribution is 2.33. The molecule has 2 rings (SSSR count). The molecule has 0 fully saturated rings. The first-order chi connectivity index (χ1) is 8.27. The molecule has 0 saturated carbocycles. The molecule has 17 heavy (non-hydrogen) atoms. The van der Waals surface area contributed by atoms with E-state index < -0.39 is 5.25 Å². The van der Waals surface area contributed by atoms with Crippen molar-refractivity contribution in [3.63, 3.8) is 0 Å². The molecule has 1 heterocycles. The Kier molecular flexibility index (Phi) is 3.77. The molecule has 4 heteroatoms. The molecule has 0 aliphatic heterocycles. The lowest BCUT2D eigenvalue weighted by atomic mass is 10.1. The molecule has 0 aliphatic carbocycles. The van der Waals surface area contributed by atoms with Crippen LogP contribution in [0.25, 0.3) is 0 Å². The number of aromatic nitrogens is 1. The Hall–Kier alpha value is -1.81. The highest BCUT2D eigenvalue weighted by atomic mass is 32.2. The minimum atomic E-state index is -0.397.